The van der Waals surface area contributed by atoms with Gasteiger partial charge in [0.15, 0.2) is 0 Å². The standard InChI is InChI=1S/C17H30N2O2/c1-12(2)13-8-16(9-13)21-15-4-6-19(7-5-15)17(20)14-10-18(3)11-14/h12-16H,4-11H2,1-3H3. The second kappa shape index (κ2) is 6.25. The molecule has 4 heteroatoms. The molecule has 0 bridgehead atoms. The lowest BCUT2D eigenvalue weighted by Gasteiger charge is -2.43. The van der Waals surface area contributed by atoms with Crippen LogP contribution >= 0.6 is 0 Å². The quantitative estimate of drug-likeness (QED) is 0.795. The average Bonchev–Trinajstić information content (AvgIpc) is 2.38. The van der Waals surface area contributed by atoms with E-state index in [1.54, 1.807) is 0 Å². The monoisotopic (exact) mass is 294 g/mol. The maximum Gasteiger partial charge on any atom is 0.228 e. The van der Waals surface area contributed by atoms with Crippen molar-refractivity contribution in [3.05, 3.63) is 0 Å². The van der Waals surface area contributed by atoms with Crippen LogP contribution in [0.2, 0.25) is 0 Å². The molecule has 1 aliphatic carbocycles. The zero-order valence-corrected chi connectivity index (χ0v) is 13.8. The largest absolute Gasteiger partial charge is 0.375 e. The highest BCUT2D eigenvalue weighted by atomic mass is 16.5. The minimum absolute atomic E-state index is 0.255. The molecule has 0 aromatic heterocycles. The summed E-state index contributed by atoms with van der Waals surface area (Å²) in [5.74, 6) is 2.29. The number of hydrogen-bond donors (Lipinski definition) is 0. The molecule has 4 nitrogen and oxygen atoms in total. The van der Waals surface area contributed by atoms with E-state index < -0.39 is 0 Å². The summed E-state index contributed by atoms with van der Waals surface area (Å²) in [5.41, 5.74) is 0. The second-order valence-electron chi connectivity index (χ2n) is 7.68. The normalized spacial score (nSPS) is 32.1. The molecule has 0 aromatic rings. The molecule has 0 radical (unpaired) electrons. The maximum atomic E-state index is 12.3. The molecule has 3 rings (SSSR count). The topological polar surface area (TPSA) is 32.8 Å². The van der Waals surface area contributed by atoms with E-state index in [9.17, 15) is 4.79 Å². The maximum absolute atomic E-state index is 12.3. The van der Waals surface area contributed by atoms with Gasteiger partial charge in [-0.05, 0) is 44.6 Å². The number of hydrogen-bond acceptors (Lipinski definition) is 3. The van der Waals surface area contributed by atoms with Gasteiger partial charge in [0.25, 0.3) is 0 Å². The highest BCUT2D eigenvalue weighted by Gasteiger charge is 2.37. The molecular weight excluding hydrogens is 264 g/mol. The van der Waals surface area contributed by atoms with Gasteiger partial charge < -0.3 is 14.5 Å². The first-order valence-corrected chi connectivity index (χ1v) is 8.65. The smallest absolute Gasteiger partial charge is 0.228 e. The second-order valence-corrected chi connectivity index (χ2v) is 7.68. The predicted molar refractivity (Wildman–Crippen MR) is 83.0 cm³/mol. The fraction of sp³-hybridized carbons (Fsp3) is 0.941. The van der Waals surface area contributed by atoms with Gasteiger partial charge in [0, 0.05) is 26.2 Å². The number of ether oxygens (including phenoxy) is 1. The van der Waals surface area contributed by atoms with Crippen LogP contribution in [0.3, 0.4) is 0 Å². The minimum atomic E-state index is 0.255. The van der Waals surface area contributed by atoms with Gasteiger partial charge in [-0.1, -0.05) is 13.8 Å². The highest BCUT2D eigenvalue weighted by molar-refractivity contribution is 5.80. The Hall–Kier alpha value is -0.610. The Labute approximate surface area is 128 Å². The molecule has 0 unspecified atom stereocenters. The van der Waals surface area contributed by atoms with E-state index in [1.807, 2.05) is 0 Å². The summed E-state index contributed by atoms with van der Waals surface area (Å²) in [7, 11) is 2.08. The van der Waals surface area contributed by atoms with E-state index in [0.29, 0.717) is 18.1 Å². The SMILES string of the molecule is CC(C)C1CC(OC2CCN(C(=O)C3CN(C)C3)CC2)C1. The van der Waals surface area contributed by atoms with Crippen LogP contribution in [0.25, 0.3) is 0 Å². The Bertz CT molecular complexity index is 365. The fourth-order valence-electron chi connectivity index (χ4n) is 3.86. The summed E-state index contributed by atoms with van der Waals surface area (Å²) in [6, 6.07) is 0. The summed E-state index contributed by atoms with van der Waals surface area (Å²) in [6.07, 6.45) is 5.41. The average molecular weight is 294 g/mol. The van der Waals surface area contributed by atoms with Crippen LogP contribution in [-0.2, 0) is 9.53 Å². The van der Waals surface area contributed by atoms with E-state index in [1.165, 1.54) is 12.8 Å². The first-order chi connectivity index (χ1) is 10.0. The summed E-state index contributed by atoms with van der Waals surface area (Å²) in [5, 5.41) is 0. The Balaban J connectivity index is 1.35. The third-order valence-electron chi connectivity index (χ3n) is 5.63. The minimum Gasteiger partial charge on any atom is -0.375 e. The zero-order valence-electron chi connectivity index (χ0n) is 13.8. The van der Waals surface area contributed by atoms with Gasteiger partial charge in [0.1, 0.15) is 0 Å². The van der Waals surface area contributed by atoms with E-state index in [-0.39, 0.29) is 5.92 Å². The zero-order chi connectivity index (χ0) is 15.0. The molecule has 0 spiro atoms. The summed E-state index contributed by atoms with van der Waals surface area (Å²) in [4.78, 5) is 16.6. The Morgan fingerprint density at radius 1 is 1.10 bits per heavy atom. The molecule has 120 valence electrons. The summed E-state index contributed by atoms with van der Waals surface area (Å²) < 4.78 is 6.21. The number of carbonyl (C=O) groups is 1. The summed E-state index contributed by atoms with van der Waals surface area (Å²) >= 11 is 0. The van der Waals surface area contributed by atoms with Crippen molar-refractivity contribution < 1.29 is 9.53 Å². The van der Waals surface area contributed by atoms with Crippen LogP contribution in [0.5, 0.6) is 0 Å². The number of carbonyl (C=O) groups excluding carboxylic acids is 1. The lowest BCUT2D eigenvalue weighted by atomic mass is 9.75. The van der Waals surface area contributed by atoms with Crippen molar-refractivity contribution >= 4 is 5.91 Å². The van der Waals surface area contributed by atoms with Crippen LogP contribution in [0, 0.1) is 17.8 Å². The number of amides is 1. The molecule has 1 amide bonds. The number of piperidine rings is 1. The Kier molecular flexibility index (Phi) is 4.55. The fourth-order valence-corrected chi connectivity index (χ4v) is 3.86. The van der Waals surface area contributed by atoms with Gasteiger partial charge in [0.2, 0.25) is 5.91 Å². The molecule has 0 atom stereocenters. The van der Waals surface area contributed by atoms with Crippen LogP contribution in [0.1, 0.15) is 39.5 Å². The van der Waals surface area contributed by atoms with Gasteiger partial charge >= 0.3 is 0 Å². The molecule has 3 fully saturated rings. The number of nitrogens with zero attached hydrogens (tertiary/aromatic N) is 2. The van der Waals surface area contributed by atoms with Crippen molar-refractivity contribution in [1.82, 2.24) is 9.80 Å². The van der Waals surface area contributed by atoms with Crippen LogP contribution in [-0.4, -0.2) is 61.1 Å². The predicted octanol–water partition coefficient (Wildman–Crippen LogP) is 1.99. The van der Waals surface area contributed by atoms with Gasteiger partial charge in [-0.15, -0.1) is 0 Å². The van der Waals surface area contributed by atoms with Gasteiger partial charge in [0.05, 0.1) is 18.1 Å². The highest BCUT2D eigenvalue weighted by Crippen LogP contribution is 2.37. The van der Waals surface area contributed by atoms with Crippen LogP contribution in [0.4, 0.5) is 0 Å². The summed E-state index contributed by atoms with van der Waals surface area (Å²) in [6.45, 7) is 8.28. The van der Waals surface area contributed by atoms with Crippen LogP contribution < -0.4 is 0 Å². The lowest BCUT2D eigenvalue weighted by Crippen LogP contribution is -2.54. The molecule has 2 aliphatic heterocycles. The van der Waals surface area contributed by atoms with E-state index in [4.69, 9.17) is 4.74 Å². The molecule has 0 aromatic carbocycles. The van der Waals surface area contributed by atoms with Gasteiger partial charge in [-0.3, -0.25) is 4.79 Å². The van der Waals surface area contributed by atoms with Crippen molar-refractivity contribution in [2.75, 3.05) is 33.2 Å². The molecule has 2 heterocycles. The lowest BCUT2D eigenvalue weighted by molar-refractivity contribution is -0.146. The van der Waals surface area contributed by atoms with Crippen molar-refractivity contribution in [3.8, 4) is 0 Å². The van der Waals surface area contributed by atoms with Crippen molar-refractivity contribution in [2.24, 2.45) is 17.8 Å². The Morgan fingerprint density at radius 3 is 2.24 bits per heavy atom. The third-order valence-corrected chi connectivity index (χ3v) is 5.63. The van der Waals surface area contributed by atoms with E-state index in [2.05, 4.69) is 30.7 Å². The first-order valence-electron chi connectivity index (χ1n) is 8.65. The number of likely N-dealkylation sites (tertiary alicyclic amines) is 2. The van der Waals surface area contributed by atoms with Crippen molar-refractivity contribution in [3.63, 3.8) is 0 Å². The van der Waals surface area contributed by atoms with Gasteiger partial charge in [-0.25, -0.2) is 0 Å². The third kappa shape index (κ3) is 3.42. The van der Waals surface area contributed by atoms with E-state index >= 15 is 0 Å². The van der Waals surface area contributed by atoms with E-state index in [0.717, 1.165) is 50.9 Å². The van der Waals surface area contributed by atoms with Crippen LogP contribution in [0.15, 0.2) is 0 Å². The Morgan fingerprint density at radius 2 is 1.71 bits per heavy atom. The van der Waals surface area contributed by atoms with Crippen molar-refractivity contribution in [2.45, 2.75) is 51.7 Å². The first kappa shape index (κ1) is 15.3. The van der Waals surface area contributed by atoms with Gasteiger partial charge in [-0.2, -0.15) is 0 Å². The molecule has 21 heavy (non-hydrogen) atoms. The molecule has 2 saturated heterocycles. The molecule has 1 saturated carbocycles. The number of rotatable bonds is 4. The van der Waals surface area contributed by atoms with Crippen molar-refractivity contribution in [1.29, 1.82) is 0 Å². The molecule has 3 aliphatic rings. The molecule has 0 N–H and O–H groups in total. The molecular formula is C17H30N2O2.